The normalized spacial score (nSPS) is 12.9. The highest BCUT2D eigenvalue weighted by Crippen LogP contribution is 2.19. The summed E-state index contributed by atoms with van der Waals surface area (Å²) in [4.78, 5) is 0. The summed E-state index contributed by atoms with van der Waals surface area (Å²) in [6.45, 7) is 11.0. The molecule has 1 rings (SSSR count). The first-order valence-corrected chi connectivity index (χ1v) is 6.89. The maximum atomic E-state index is 5.80. The SMILES string of the molecule is CC(C)O[SiH2]c1ccccc1C(C)(C)C. The zero-order chi connectivity index (χ0) is 11.5. The van der Waals surface area contributed by atoms with Crippen LogP contribution in [0, 0.1) is 0 Å². The van der Waals surface area contributed by atoms with E-state index in [-0.39, 0.29) is 5.41 Å². The molecule has 0 radical (unpaired) electrons. The summed E-state index contributed by atoms with van der Waals surface area (Å²) < 4.78 is 5.80. The molecule has 0 amide bonds. The molecule has 0 aliphatic rings. The summed E-state index contributed by atoms with van der Waals surface area (Å²) in [5, 5.41) is 1.44. The Balaban J connectivity index is 2.87. The molecule has 0 unspecified atom stereocenters. The Labute approximate surface area is 95.8 Å². The maximum Gasteiger partial charge on any atom is 0.192 e. The van der Waals surface area contributed by atoms with Gasteiger partial charge in [0.1, 0.15) is 0 Å². The van der Waals surface area contributed by atoms with Gasteiger partial charge in [-0.25, -0.2) is 0 Å². The van der Waals surface area contributed by atoms with Gasteiger partial charge in [0.2, 0.25) is 0 Å². The third kappa shape index (κ3) is 3.80. The molecule has 0 fully saturated rings. The minimum absolute atomic E-state index is 0.226. The average Bonchev–Trinajstić information content (AvgIpc) is 2.13. The molecule has 0 aromatic heterocycles. The van der Waals surface area contributed by atoms with Crippen LogP contribution in [-0.4, -0.2) is 15.9 Å². The fraction of sp³-hybridized carbons (Fsp3) is 0.538. The van der Waals surface area contributed by atoms with Crippen LogP contribution in [0.2, 0.25) is 0 Å². The van der Waals surface area contributed by atoms with Crippen molar-refractivity contribution in [1.29, 1.82) is 0 Å². The zero-order valence-electron chi connectivity index (χ0n) is 10.5. The van der Waals surface area contributed by atoms with E-state index in [1.54, 1.807) is 0 Å². The van der Waals surface area contributed by atoms with E-state index in [9.17, 15) is 0 Å². The largest absolute Gasteiger partial charge is 0.416 e. The topological polar surface area (TPSA) is 9.23 Å². The van der Waals surface area contributed by atoms with Gasteiger partial charge in [0.25, 0.3) is 0 Å². The van der Waals surface area contributed by atoms with E-state index in [0.717, 1.165) is 0 Å². The summed E-state index contributed by atoms with van der Waals surface area (Å²) in [5.41, 5.74) is 1.67. The van der Waals surface area contributed by atoms with E-state index in [2.05, 4.69) is 58.9 Å². The van der Waals surface area contributed by atoms with Gasteiger partial charge in [0.05, 0.1) is 0 Å². The smallest absolute Gasteiger partial charge is 0.192 e. The van der Waals surface area contributed by atoms with Crippen LogP contribution in [0.15, 0.2) is 24.3 Å². The van der Waals surface area contributed by atoms with Crippen LogP contribution < -0.4 is 5.19 Å². The van der Waals surface area contributed by atoms with Crippen LogP contribution in [0.25, 0.3) is 0 Å². The summed E-state index contributed by atoms with van der Waals surface area (Å²) in [5.74, 6) is 0. The second-order valence-corrected chi connectivity index (χ2v) is 6.65. The number of rotatable bonds is 3. The summed E-state index contributed by atoms with van der Waals surface area (Å²) in [6, 6.07) is 8.68. The summed E-state index contributed by atoms with van der Waals surface area (Å²) >= 11 is 0. The molecular weight excluding hydrogens is 200 g/mol. The molecule has 2 heteroatoms. The molecule has 0 bridgehead atoms. The first-order chi connectivity index (χ1) is 6.91. The van der Waals surface area contributed by atoms with Crippen LogP contribution in [0.1, 0.15) is 40.2 Å². The van der Waals surface area contributed by atoms with E-state index in [4.69, 9.17) is 4.43 Å². The van der Waals surface area contributed by atoms with E-state index >= 15 is 0 Å². The fourth-order valence-corrected chi connectivity index (χ4v) is 3.18. The van der Waals surface area contributed by atoms with Crippen LogP contribution in [0.5, 0.6) is 0 Å². The van der Waals surface area contributed by atoms with Gasteiger partial charge in [-0.3, -0.25) is 0 Å². The minimum atomic E-state index is -0.568. The Bertz CT molecular complexity index is 313. The molecule has 1 aromatic rings. The van der Waals surface area contributed by atoms with Crippen molar-refractivity contribution in [2.75, 3.05) is 0 Å². The number of benzene rings is 1. The highest BCUT2D eigenvalue weighted by Gasteiger charge is 2.17. The van der Waals surface area contributed by atoms with Gasteiger partial charge in [-0.15, -0.1) is 0 Å². The van der Waals surface area contributed by atoms with Gasteiger partial charge < -0.3 is 4.43 Å². The standard InChI is InChI=1S/C13H22OSi/c1-10(2)14-15-12-9-7-6-8-11(12)13(3,4)5/h6-10H,15H2,1-5H3. The Morgan fingerprint density at radius 2 is 1.73 bits per heavy atom. The number of hydrogen-bond donors (Lipinski definition) is 0. The third-order valence-electron chi connectivity index (χ3n) is 2.40. The Morgan fingerprint density at radius 1 is 1.13 bits per heavy atom. The lowest BCUT2D eigenvalue weighted by molar-refractivity contribution is 0.260. The van der Waals surface area contributed by atoms with Crippen LogP contribution in [0.4, 0.5) is 0 Å². The van der Waals surface area contributed by atoms with Crippen molar-refractivity contribution in [3.8, 4) is 0 Å². The Kier molecular flexibility index (Phi) is 4.11. The first-order valence-electron chi connectivity index (χ1n) is 5.61. The lowest BCUT2D eigenvalue weighted by atomic mass is 9.87. The van der Waals surface area contributed by atoms with Crippen LogP contribution in [-0.2, 0) is 9.84 Å². The van der Waals surface area contributed by atoms with Gasteiger partial charge in [-0.05, 0) is 30.0 Å². The molecule has 0 N–H and O–H groups in total. The van der Waals surface area contributed by atoms with Crippen LogP contribution in [0.3, 0.4) is 0 Å². The molecule has 0 saturated heterocycles. The van der Waals surface area contributed by atoms with Crippen molar-refractivity contribution >= 4 is 14.9 Å². The molecule has 0 aliphatic carbocycles. The van der Waals surface area contributed by atoms with Crippen molar-refractivity contribution in [1.82, 2.24) is 0 Å². The van der Waals surface area contributed by atoms with Gasteiger partial charge >= 0.3 is 0 Å². The predicted octanol–water partition coefficient (Wildman–Crippen LogP) is 2.12. The molecular formula is C13H22OSi. The molecule has 1 aromatic carbocycles. The van der Waals surface area contributed by atoms with Gasteiger partial charge in [0, 0.05) is 6.10 Å². The van der Waals surface area contributed by atoms with Crippen molar-refractivity contribution in [2.45, 2.75) is 46.1 Å². The maximum absolute atomic E-state index is 5.80. The van der Waals surface area contributed by atoms with Crippen molar-refractivity contribution in [3.05, 3.63) is 29.8 Å². The lowest BCUT2D eigenvalue weighted by Crippen LogP contribution is -2.30. The van der Waals surface area contributed by atoms with Crippen molar-refractivity contribution < 1.29 is 4.43 Å². The van der Waals surface area contributed by atoms with E-state index < -0.39 is 9.76 Å². The quantitative estimate of drug-likeness (QED) is 0.712. The highest BCUT2D eigenvalue weighted by atomic mass is 28.2. The number of hydrogen-bond acceptors (Lipinski definition) is 1. The minimum Gasteiger partial charge on any atom is -0.416 e. The monoisotopic (exact) mass is 222 g/mol. The van der Waals surface area contributed by atoms with Crippen molar-refractivity contribution in [3.63, 3.8) is 0 Å². The van der Waals surface area contributed by atoms with Gasteiger partial charge in [-0.2, -0.15) is 0 Å². The lowest BCUT2D eigenvalue weighted by Gasteiger charge is -2.23. The molecule has 0 heterocycles. The van der Waals surface area contributed by atoms with Crippen LogP contribution >= 0.6 is 0 Å². The van der Waals surface area contributed by atoms with Crippen molar-refractivity contribution in [2.24, 2.45) is 0 Å². The molecule has 0 spiro atoms. The Hall–Kier alpha value is -0.603. The first kappa shape index (κ1) is 12.5. The molecule has 0 aliphatic heterocycles. The zero-order valence-corrected chi connectivity index (χ0v) is 11.9. The highest BCUT2D eigenvalue weighted by molar-refractivity contribution is 6.47. The Morgan fingerprint density at radius 3 is 2.27 bits per heavy atom. The summed E-state index contributed by atoms with van der Waals surface area (Å²) in [7, 11) is -0.568. The molecule has 15 heavy (non-hydrogen) atoms. The molecule has 0 saturated carbocycles. The van der Waals surface area contributed by atoms with E-state index in [0.29, 0.717) is 6.10 Å². The second kappa shape index (κ2) is 4.95. The van der Waals surface area contributed by atoms with Gasteiger partial charge in [0.15, 0.2) is 9.76 Å². The van der Waals surface area contributed by atoms with E-state index in [1.165, 1.54) is 10.8 Å². The predicted molar refractivity (Wildman–Crippen MR) is 69.5 cm³/mol. The molecule has 1 nitrogen and oxygen atoms in total. The summed E-state index contributed by atoms with van der Waals surface area (Å²) in [6.07, 6.45) is 0.352. The molecule has 84 valence electrons. The van der Waals surface area contributed by atoms with Gasteiger partial charge in [-0.1, -0.05) is 45.0 Å². The average molecular weight is 222 g/mol. The molecule has 0 atom stereocenters. The van der Waals surface area contributed by atoms with E-state index in [1.807, 2.05) is 0 Å². The third-order valence-corrected chi connectivity index (χ3v) is 4.16. The second-order valence-electron chi connectivity index (χ2n) is 5.27. The fourth-order valence-electron chi connectivity index (χ4n) is 1.63.